The van der Waals surface area contributed by atoms with Crippen molar-refractivity contribution >= 4 is 5.91 Å². The van der Waals surface area contributed by atoms with Crippen molar-refractivity contribution in [1.29, 1.82) is 0 Å². The molecule has 3 aliphatic rings. The number of nitrogens with zero attached hydrogens (tertiary/aromatic N) is 2. The summed E-state index contributed by atoms with van der Waals surface area (Å²) in [5.74, 6) is 1.94. The minimum absolute atomic E-state index is 0.260. The molecule has 0 bridgehead atoms. The van der Waals surface area contributed by atoms with Crippen LogP contribution in [-0.2, 0) is 16.0 Å². The molecule has 0 N–H and O–H groups in total. The van der Waals surface area contributed by atoms with Gasteiger partial charge in [0.1, 0.15) is 5.75 Å². The first-order valence-electron chi connectivity index (χ1n) is 9.49. The van der Waals surface area contributed by atoms with E-state index in [0.717, 1.165) is 56.5 Å². The van der Waals surface area contributed by atoms with Crippen molar-refractivity contribution in [3.63, 3.8) is 0 Å². The van der Waals surface area contributed by atoms with Crippen LogP contribution < -0.4 is 4.74 Å². The summed E-state index contributed by atoms with van der Waals surface area (Å²) in [5.41, 5.74) is 1.15. The van der Waals surface area contributed by atoms with E-state index in [1.807, 2.05) is 23.1 Å². The molecule has 1 saturated carbocycles. The monoisotopic (exact) mass is 344 g/mol. The SMILES string of the molecule is COc1cccc(CCC(=O)N2CCN3[C@@H](COC[C@@H]3C3CC3)C2)c1. The van der Waals surface area contributed by atoms with E-state index in [-0.39, 0.29) is 5.91 Å². The van der Waals surface area contributed by atoms with Gasteiger partial charge in [-0.3, -0.25) is 9.69 Å². The van der Waals surface area contributed by atoms with E-state index in [1.165, 1.54) is 12.8 Å². The first-order valence-corrected chi connectivity index (χ1v) is 9.49. The van der Waals surface area contributed by atoms with Crippen molar-refractivity contribution in [2.24, 2.45) is 5.92 Å². The fraction of sp³-hybridized carbons (Fsp3) is 0.650. The third-order valence-electron chi connectivity index (χ3n) is 5.83. The molecule has 5 heteroatoms. The molecule has 136 valence electrons. The van der Waals surface area contributed by atoms with Crippen molar-refractivity contribution in [3.05, 3.63) is 29.8 Å². The Balaban J connectivity index is 1.31. The van der Waals surface area contributed by atoms with Crippen molar-refractivity contribution in [2.75, 3.05) is 40.0 Å². The van der Waals surface area contributed by atoms with Crippen LogP contribution in [0.25, 0.3) is 0 Å². The Labute approximate surface area is 149 Å². The van der Waals surface area contributed by atoms with Crippen molar-refractivity contribution in [1.82, 2.24) is 9.80 Å². The third kappa shape index (κ3) is 3.82. The molecule has 5 nitrogen and oxygen atoms in total. The number of aryl methyl sites for hydroxylation is 1. The van der Waals surface area contributed by atoms with Crippen LogP contribution in [0.1, 0.15) is 24.8 Å². The van der Waals surface area contributed by atoms with Gasteiger partial charge in [-0.05, 0) is 42.9 Å². The number of methoxy groups -OCH3 is 1. The summed E-state index contributed by atoms with van der Waals surface area (Å²) in [5, 5.41) is 0. The van der Waals surface area contributed by atoms with Crippen LogP contribution in [0.15, 0.2) is 24.3 Å². The van der Waals surface area contributed by atoms with Gasteiger partial charge in [0.15, 0.2) is 0 Å². The summed E-state index contributed by atoms with van der Waals surface area (Å²) in [6.45, 7) is 4.32. The summed E-state index contributed by atoms with van der Waals surface area (Å²) in [4.78, 5) is 17.3. The molecule has 2 saturated heterocycles. The number of amides is 1. The lowest BCUT2D eigenvalue weighted by Crippen LogP contribution is -2.63. The van der Waals surface area contributed by atoms with Gasteiger partial charge in [-0.2, -0.15) is 0 Å². The predicted molar refractivity (Wildman–Crippen MR) is 95.7 cm³/mol. The molecule has 0 aromatic heterocycles. The van der Waals surface area contributed by atoms with E-state index >= 15 is 0 Å². The van der Waals surface area contributed by atoms with Crippen LogP contribution in [0.3, 0.4) is 0 Å². The Morgan fingerprint density at radius 3 is 2.96 bits per heavy atom. The average molecular weight is 344 g/mol. The number of benzene rings is 1. The van der Waals surface area contributed by atoms with Crippen LogP contribution in [0, 0.1) is 5.92 Å². The van der Waals surface area contributed by atoms with E-state index in [9.17, 15) is 4.79 Å². The minimum Gasteiger partial charge on any atom is -0.497 e. The fourth-order valence-electron chi connectivity index (χ4n) is 4.23. The Morgan fingerprint density at radius 2 is 2.16 bits per heavy atom. The van der Waals surface area contributed by atoms with E-state index in [4.69, 9.17) is 9.47 Å². The Kier molecular flexibility index (Phi) is 4.95. The maximum atomic E-state index is 12.7. The summed E-state index contributed by atoms with van der Waals surface area (Å²) in [6, 6.07) is 8.96. The first-order chi connectivity index (χ1) is 12.2. The third-order valence-corrected chi connectivity index (χ3v) is 5.83. The van der Waals surface area contributed by atoms with Crippen LogP contribution in [0.5, 0.6) is 5.75 Å². The summed E-state index contributed by atoms with van der Waals surface area (Å²) in [6.07, 6.45) is 4.02. The summed E-state index contributed by atoms with van der Waals surface area (Å²) < 4.78 is 11.1. The standard InChI is InChI=1S/C20H28N2O3/c1-24-18-4-2-3-15(11-18)5-8-20(23)21-9-10-22-17(12-21)13-25-14-19(22)16-6-7-16/h2-4,11,16-17,19H,5-10,12-14H2,1H3/t17-,19-/m1/s1. The van der Waals surface area contributed by atoms with Gasteiger partial charge in [-0.1, -0.05) is 12.1 Å². The molecule has 1 aromatic rings. The molecule has 1 aromatic carbocycles. The zero-order chi connectivity index (χ0) is 17.2. The highest BCUT2D eigenvalue weighted by Crippen LogP contribution is 2.38. The lowest BCUT2D eigenvalue weighted by Gasteiger charge is -2.48. The van der Waals surface area contributed by atoms with Gasteiger partial charge in [0.05, 0.1) is 26.4 Å². The predicted octanol–water partition coefficient (Wildman–Crippen LogP) is 1.95. The quantitative estimate of drug-likeness (QED) is 0.819. The molecule has 1 amide bonds. The van der Waals surface area contributed by atoms with Crippen LogP contribution in [0.2, 0.25) is 0 Å². The maximum absolute atomic E-state index is 12.7. The normalized spacial score (nSPS) is 27.0. The molecule has 3 fully saturated rings. The molecule has 2 aliphatic heterocycles. The molecule has 4 rings (SSSR count). The number of hydrogen-bond acceptors (Lipinski definition) is 4. The van der Waals surface area contributed by atoms with Crippen LogP contribution in [0.4, 0.5) is 0 Å². The number of rotatable bonds is 5. The average Bonchev–Trinajstić information content (AvgIpc) is 3.50. The van der Waals surface area contributed by atoms with Gasteiger partial charge in [-0.15, -0.1) is 0 Å². The zero-order valence-corrected chi connectivity index (χ0v) is 15.0. The second-order valence-electron chi connectivity index (χ2n) is 7.53. The van der Waals surface area contributed by atoms with Crippen molar-refractivity contribution in [3.8, 4) is 5.75 Å². The van der Waals surface area contributed by atoms with Gasteiger partial charge < -0.3 is 14.4 Å². The highest BCUT2D eigenvalue weighted by molar-refractivity contribution is 5.76. The van der Waals surface area contributed by atoms with Crippen LogP contribution in [-0.4, -0.2) is 67.7 Å². The van der Waals surface area contributed by atoms with Gasteiger partial charge in [0.2, 0.25) is 5.91 Å². The molecule has 1 aliphatic carbocycles. The zero-order valence-electron chi connectivity index (χ0n) is 15.0. The lowest BCUT2D eigenvalue weighted by molar-refractivity contribution is -0.140. The molecule has 0 spiro atoms. The fourth-order valence-corrected chi connectivity index (χ4v) is 4.23. The molecule has 2 heterocycles. The number of hydrogen-bond donors (Lipinski definition) is 0. The Bertz CT molecular complexity index is 617. The molecular formula is C20H28N2O3. The summed E-state index contributed by atoms with van der Waals surface area (Å²) in [7, 11) is 1.67. The van der Waals surface area contributed by atoms with Crippen LogP contribution >= 0.6 is 0 Å². The van der Waals surface area contributed by atoms with E-state index < -0.39 is 0 Å². The number of piperazine rings is 1. The van der Waals surface area contributed by atoms with E-state index in [2.05, 4.69) is 11.0 Å². The highest BCUT2D eigenvalue weighted by atomic mass is 16.5. The highest BCUT2D eigenvalue weighted by Gasteiger charge is 2.43. The van der Waals surface area contributed by atoms with E-state index in [1.54, 1.807) is 7.11 Å². The van der Waals surface area contributed by atoms with Crippen molar-refractivity contribution < 1.29 is 14.3 Å². The number of carbonyl (C=O) groups excluding carboxylic acids is 1. The molecule has 0 radical (unpaired) electrons. The number of ether oxygens (including phenoxy) is 2. The van der Waals surface area contributed by atoms with Gasteiger partial charge in [0, 0.05) is 32.1 Å². The lowest BCUT2D eigenvalue weighted by atomic mass is 10.0. The van der Waals surface area contributed by atoms with E-state index in [0.29, 0.717) is 18.5 Å². The number of fused-ring (bicyclic) bond motifs is 1. The second kappa shape index (κ2) is 7.34. The number of morpholine rings is 1. The molecule has 25 heavy (non-hydrogen) atoms. The second-order valence-corrected chi connectivity index (χ2v) is 7.53. The Morgan fingerprint density at radius 1 is 1.28 bits per heavy atom. The van der Waals surface area contributed by atoms with Crippen molar-refractivity contribution in [2.45, 2.75) is 37.8 Å². The van der Waals surface area contributed by atoms with Gasteiger partial charge in [-0.25, -0.2) is 0 Å². The smallest absolute Gasteiger partial charge is 0.223 e. The molecule has 0 unspecified atom stereocenters. The largest absolute Gasteiger partial charge is 0.497 e. The first kappa shape index (κ1) is 16.9. The van der Waals surface area contributed by atoms with Gasteiger partial charge in [0.25, 0.3) is 0 Å². The number of carbonyl (C=O) groups is 1. The topological polar surface area (TPSA) is 42.0 Å². The minimum atomic E-state index is 0.260. The Hall–Kier alpha value is -1.59. The summed E-state index contributed by atoms with van der Waals surface area (Å²) >= 11 is 0. The van der Waals surface area contributed by atoms with Gasteiger partial charge >= 0.3 is 0 Å². The molecule has 2 atom stereocenters. The molecular weight excluding hydrogens is 316 g/mol. The maximum Gasteiger partial charge on any atom is 0.223 e.